The van der Waals surface area contributed by atoms with Crippen LogP contribution in [0.4, 0.5) is 13.2 Å². The van der Waals surface area contributed by atoms with Crippen molar-refractivity contribution in [3.8, 4) is 5.75 Å². The van der Waals surface area contributed by atoms with Crippen LogP contribution in [0.5, 0.6) is 5.75 Å². The average Bonchev–Trinajstić information content (AvgIpc) is 2.37. The molecule has 1 rings (SSSR count). The summed E-state index contributed by atoms with van der Waals surface area (Å²) < 4.78 is 48.3. The van der Waals surface area contributed by atoms with Crippen LogP contribution in [0.3, 0.4) is 0 Å². The first-order chi connectivity index (χ1) is 8.88. The maximum atomic E-state index is 12.8. The quantitative estimate of drug-likeness (QED) is 0.869. The second-order valence-corrected chi connectivity index (χ2v) is 4.20. The molecular formula is C13H18F3NO2. The van der Waals surface area contributed by atoms with Gasteiger partial charge in [-0.1, -0.05) is 19.1 Å². The van der Waals surface area contributed by atoms with E-state index in [-0.39, 0.29) is 13.0 Å². The third-order valence-electron chi connectivity index (χ3n) is 2.75. The highest BCUT2D eigenvalue weighted by atomic mass is 19.4. The van der Waals surface area contributed by atoms with E-state index in [1.54, 1.807) is 31.2 Å². The van der Waals surface area contributed by atoms with Gasteiger partial charge in [-0.2, -0.15) is 13.2 Å². The van der Waals surface area contributed by atoms with Gasteiger partial charge in [-0.25, -0.2) is 0 Å². The highest BCUT2D eigenvalue weighted by molar-refractivity contribution is 5.27. The summed E-state index contributed by atoms with van der Waals surface area (Å²) in [4.78, 5) is 0. The zero-order valence-electron chi connectivity index (χ0n) is 10.9. The fraction of sp³-hybridized carbons (Fsp3) is 0.538. The number of benzene rings is 1. The Morgan fingerprint density at radius 3 is 2.53 bits per heavy atom. The Balaban J connectivity index is 2.70. The molecule has 0 bridgehead atoms. The monoisotopic (exact) mass is 277 g/mol. The molecule has 19 heavy (non-hydrogen) atoms. The minimum atomic E-state index is -4.46. The summed E-state index contributed by atoms with van der Waals surface area (Å²) in [5.74, 6) is 0.574. The Labute approximate surface area is 110 Å². The van der Waals surface area contributed by atoms with Crippen molar-refractivity contribution in [2.45, 2.75) is 38.3 Å². The summed E-state index contributed by atoms with van der Waals surface area (Å²) in [6, 6.07) is 5.64. The Bertz CT molecular complexity index is 396. The number of hydrogen-bond donors (Lipinski definition) is 1. The third kappa shape index (κ3) is 4.72. The van der Waals surface area contributed by atoms with Crippen LogP contribution in [0, 0.1) is 0 Å². The first-order valence-electron chi connectivity index (χ1n) is 5.95. The second-order valence-electron chi connectivity index (χ2n) is 4.20. The molecule has 0 spiro atoms. The second kappa shape index (κ2) is 6.77. The van der Waals surface area contributed by atoms with Crippen molar-refractivity contribution >= 4 is 0 Å². The van der Waals surface area contributed by atoms with Gasteiger partial charge in [-0.05, 0) is 24.1 Å². The lowest BCUT2D eigenvalue weighted by Gasteiger charge is -2.25. The van der Waals surface area contributed by atoms with Gasteiger partial charge in [0.1, 0.15) is 5.75 Å². The first kappa shape index (κ1) is 15.8. The molecule has 0 fully saturated rings. The number of ether oxygens (including phenoxy) is 2. The number of nitrogens with two attached hydrogens (primary N) is 1. The van der Waals surface area contributed by atoms with E-state index in [1.165, 1.54) is 7.11 Å². The largest absolute Gasteiger partial charge is 0.497 e. The molecule has 0 aromatic heterocycles. The standard InChI is InChI=1S/C13H18F3NO2/c1-3-11(17)12(13(14,15)16)19-8-9-5-4-6-10(7-9)18-2/h4-7,11-12H,3,8,17H2,1-2H3. The van der Waals surface area contributed by atoms with Crippen LogP contribution < -0.4 is 10.5 Å². The van der Waals surface area contributed by atoms with E-state index in [0.717, 1.165) is 0 Å². The Morgan fingerprint density at radius 1 is 1.32 bits per heavy atom. The van der Waals surface area contributed by atoms with Crippen LogP contribution in [0.25, 0.3) is 0 Å². The topological polar surface area (TPSA) is 44.5 Å². The molecule has 2 atom stereocenters. The molecule has 2 N–H and O–H groups in total. The maximum Gasteiger partial charge on any atom is 0.416 e. The molecule has 1 aromatic carbocycles. The Hall–Kier alpha value is -1.27. The lowest BCUT2D eigenvalue weighted by atomic mass is 10.1. The Kier molecular flexibility index (Phi) is 5.62. The summed E-state index contributed by atoms with van der Waals surface area (Å²) in [5, 5.41) is 0. The van der Waals surface area contributed by atoms with Gasteiger partial charge >= 0.3 is 6.18 Å². The highest BCUT2D eigenvalue weighted by Crippen LogP contribution is 2.27. The van der Waals surface area contributed by atoms with Crippen LogP contribution in [0.1, 0.15) is 18.9 Å². The summed E-state index contributed by atoms with van der Waals surface area (Å²) in [6.45, 7) is 1.44. The molecule has 0 amide bonds. The molecular weight excluding hydrogens is 259 g/mol. The normalized spacial score (nSPS) is 15.1. The van der Waals surface area contributed by atoms with Gasteiger partial charge in [0.05, 0.1) is 13.7 Å². The number of alkyl halides is 3. The molecule has 0 radical (unpaired) electrons. The van der Waals surface area contributed by atoms with Crippen molar-refractivity contribution in [1.82, 2.24) is 0 Å². The van der Waals surface area contributed by atoms with E-state index in [1.807, 2.05) is 0 Å². The predicted octanol–water partition coefficient (Wildman–Crippen LogP) is 2.88. The van der Waals surface area contributed by atoms with Crippen molar-refractivity contribution in [3.63, 3.8) is 0 Å². The molecule has 6 heteroatoms. The molecule has 0 aliphatic heterocycles. The first-order valence-corrected chi connectivity index (χ1v) is 5.95. The van der Waals surface area contributed by atoms with E-state index >= 15 is 0 Å². The van der Waals surface area contributed by atoms with Gasteiger partial charge < -0.3 is 15.2 Å². The van der Waals surface area contributed by atoms with E-state index in [4.69, 9.17) is 15.2 Å². The number of rotatable bonds is 6. The predicted molar refractivity (Wildman–Crippen MR) is 65.9 cm³/mol. The van der Waals surface area contributed by atoms with Gasteiger partial charge in [-0.3, -0.25) is 0 Å². The van der Waals surface area contributed by atoms with Crippen LogP contribution in [-0.2, 0) is 11.3 Å². The Morgan fingerprint density at radius 2 is 2.00 bits per heavy atom. The summed E-state index contributed by atoms with van der Waals surface area (Å²) >= 11 is 0. The van der Waals surface area contributed by atoms with Crippen molar-refractivity contribution in [3.05, 3.63) is 29.8 Å². The van der Waals surface area contributed by atoms with Crippen molar-refractivity contribution in [2.75, 3.05) is 7.11 Å². The minimum Gasteiger partial charge on any atom is -0.497 e. The zero-order valence-corrected chi connectivity index (χ0v) is 10.9. The van der Waals surface area contributed by atoms with Crippen LogP contribution in [0.2, 0.25) is 0 Å². The van der Waals surface area contributed by atoms with Gasteiger partial charge in [-0.15, -0.1) is 0 Å². The number of methoxy groups -OCH3 is 1. The molecule has 0 saturated heterocycles. The maximum absolute atomic E-state index is 12.8. The third-order valence-corrected chi connectivity index (χ3v) is 2.75. The molecule has 0 aliphatic rings. The zero-order chi connectivity index (χ0) is 14.5. The fourth-order valence-electron chi connectivity index (χ4n) is 1.62. The summed E-state index contributed by atoms with van der Waals surface area (Å²) in [6.07, 6.45) is -6.22. The SMILES string of the molecule is CCC(N)C(OCc1cccc(OC)c1)C(F)(F)F. The van der Waals surface area contributed by atoms with Crippen molar-refractivity contribution in [2.24, 2.45) is 5.73 Å². The van der Waals surface area contributed by atoms with Gasteiger partial charge in [0, 0.05) is 6.04 Å². The van der Waals surface area contributed by atoms with Gasteiger partial charge in [0.25, 0.3) is 0 Å². The smallest absolute Gasteiger partial charge is 0.416 e. The van der Waals surface area contributed by atoms with E-state index < -0.39 is 18.3 Å². The molecule has 0 saturated carbocycles. The number of halogens is 3. The van der Waals surface area contributed by atoms with Crippen LogP contribution >= 0.6 is 0 Å². The molecule has 3 nitrogen and oxygen atoms in total. The van der Waals surface area contributed by atoms with E-state index in [2.05, 4.69) is 0 Å². The fourth-order valence-corrected chi connectivity index (χ4v) is 1.62. The number of hydrogen-bond acceptors (Lipinski definition) is 3. The van der Waals surface area contributed by atoms with Crippen LogP contribution in [0.15, 0.2) is 24.3 Å². The molecule has 0 heterocycles. The van der Waals surface area contributed by atoms with E-state index in [9.17, 15) is 13.2 Å². The summed E-state index contributed by atoms with van der Waals surface area (Å²) in [7, 11) is 1.49. The van der Waals surface area contributed by atoms with Gasteiger partial charge in [0.2, 0.25) is 0 Å². The average molecular weight is 277 g/mol. The molecule has 1 aromatic rings. The molecule has 2 unspecified atom stereocenters. The molecule has 108 valence electrons. The van der Waals surface area contributed by atoms with Crippen molar-refractivity contribution < 1.29 is 22.6 Å². The minimum absolute atomic E-state index is 0.158. The van der Waals surface area contributed by atoms with E-state index in [0.29, 0.717) is 11.3 Å². The van der Waals surface area contributed by atoms with Gasteiger partial charge in [0.15, 0.2) is 6.10 Å². The lowest BCUT2D eigenvalue weighted by molar-refractivity contribution is -0.229. The van der Waals surface area contributed by atoms with Crippen LogP contribution in [-0.4, -0.2) is 25.4 Å². The van der Waals surface area contributed by atoms with Crippen molar-refractivity contribution in [1.29, 1.82) is 0 Å². The lowest BCUT2D eigenvalue weighted by Crippen LogP contribution is -2.46. The summed E-state index contributed by atoms with van der Waals surface area (Å²) in [5.41, 5.74) is 6.06. The highest BCUT2D eigenvalue weighted by Gasteiger charge is 2.43. The molecule has 0 aliphatic carbocycles.